The van der Waals surface area contributed by atoms with Crippen molar-refractivity contribution in [2.24, 2.45) is 0 Å². The van der Waals surface area contributed by atoms with Crippen molar-refractivity contribution in [2.75, 3.05) is 5.32 Å². The molecule has 2 aromatic rings. The Hall–Kier alpha value is -1.77. The van der Waals surface area contributed by atoms with Crippen LogP contribution in [0.1, 0.15) is 33.6 Å². The summed E-state index contributed by atoms with van der Waals surface area (Å²) in [6.45, 7) is 6.51. The van der Waals surface area contributed by atoms with Gasteiger partial charge in [-0.05, 0) is 43.9 Å². The highest BCUT2D eigenvalue weighted by Gasteiger charge is 2.17. The minimum absolute atomic E-state index is 0.00148. The number of pyridine rings is 1. The zero-order valence-corrected chi connectivity index (χ0v) is 11.2. The van der Waals surface area contributed by atoms with E-state index in [0.29, 0.717) is 0 Å². The molecule has 3 heteroatoms. The van der Waals surface area contributed by atoms with Crippen LogP contribution in [0, 0.1) is 0 Å². The van der Waals surface area contributed by atoms with Crippen molar-refractivity contribution in [2.45, 2.75) is 39.2 Å². The van der Waals surface area contributed by atoms with Gasteiger partial charge in [0, 0.05) is 17.1 Å². The summed E-state index contributed by atoms with van der Waals surface area (Å²) in [5, 5.41) is 15.1. The fraction of sp³-hybridized carbons (Fsp3) is 0.400. The highest BCUT2D eigenvalue weighted by Crippen LogP contribution is 2.28. The lowest BCUT2D eigenvalue weighted by Gasteiger charge is -2.27. The molecule has 96 valence electrons. The maximum Gasteiger partial charge on any atom is 0.134 e. The summed E-state index contributed by atoms with van der Waals surface area (Å²) in [5.41, 5.74) is 0.00148. The number of phenols is 1. The van der Waals surface area contributed by atoms with Crippen LogP contribution in [0.5, 0.6) is 5.75 Å². The molecule has 2 rings (SSSR count). The third-order valence-electron chi connectivity index (χ3n) is 3.08. The molecule has 0 radical (unpaired) electrons. The van der Waals surface area contributed by atoms with Gasteiger partial charge in [-0.15, -0.1) is 0 Å². The molecule has 0 atom stereocenters. The van der Waals surface area contributed by atoms with Gasteiger partial charge < -0.3 is 10.4 Å². The first-order valence-corrected chi connectivity index (χ1v) is 6.38. The van der Waals surface area contributed by atoms with Gasteiger partial charge in [0.05, 0.1) is 0 Å². The molecule has 0 amide bonds. The number of nitrogens with zero attached hydrogens (tertiary/aromatic N) is 1. The minimum atomic E-state index is 0.00148. The molecule has 0 aliphatic heterocycles. The number of hydrogen-bond acceptors (Lipinski definition) is 3. The second kappa shape index (κ2) is 4.84. The lowest BCUT2D eigenvalue weighted by atomic mass is 9.98. The van der Waals surface area contributed by atoms with Crippen LogP contribution in [-0.2, 0) is 0 Å². The number of fused-ring (bicyclic) bond motifs is 1. The highest BCUT2D eigenvalue weighted by molar-refractivity contribution is 5.92. The number of hydrogen-bond donors (Lipinski definition) is 2. The predicted octanol–water partition coefficient (Wildman–Crippen LogP) is 3.93. The van der Waals surface area contributed by atoms with Gasteiger partial charge in [-0.25, -0.2) is 4.98 Å². The maximum atomic E-state index is 9.60. The van der Waals surface area contributed by atoms with E-state index < -0.39 is 0 Å². The SMILES string of the molecule is CCCC(C)(C)Nc1nccc2ccc(O)cc12. The number of rotatable bonds is 4. The van der Waals surface area contributed by atoms with Crippen LogP contribution in [-0.4, -0.2) is 15.6 Å². The van der Waals surface area contributed by atoms with Crippen molar-refractivity contribution < 1.29 is 5.11 Å². The van der Waals surface area contributed by atoms with Gasteiger partial charge in [0.15, 0.2) is 0 Å². The third kappa shape index (κ3) is 2.73. The Morgan fingerprint density at radius 1 is 1.28 bits per heavy atom. The summed E-state index contributed by atoms with van der Waals surface area (Å²) < 4.78 is 0. The maximum absolute atomic E-state index is 9.60. The van der Waals surface area contributed by atoms with E-state index in [4.69, 9.17) is 0 Å². The Kier molecular flexibility index (Phi) is 3.41. The number of aromatic nitrogens is 1. The Morgan fingerprint density at radius 3 is 2.78 bits per heavy atom. The van der Waals surface area contributed by atoms with E-state index in [1.165, 1.54) is 0 Å². The second-order valence-corrected chi connectivity index (χ2v) is 5.32. The third-order valence-corrected chi connectivity index (χ3v) is 3.08. The quantitative estimate of drug-likeness (QED) is 0.856. The molecular formula is C15H20N2O. The average Bonchev–Trinajstić information content (AvgIpc) is 2.29. The second-order valence-electron chi connectivity index (χ2n) is 5.32. The van der Waals surface area contributed by atoms with Crippen molar-refractivity contribution in [3.8, 4) is 5.75 Å². The number of aromatic hydroxyl groups is 1. The molecule has 0 fully saturated rings. The normalized spacial score (nSPS) is 11.7. The van der Waals surface area contributed by atoms with Gasteiger partial charge in [-0.1, -0.05) is 19.4 Å². The molecule has 1 aromatic heterocycles. The molecule has 2 N–H and O–H groups in total. The van der Waals surface area contributed by atoms with Crippen LogP contribution in [0.4, 0.5) is 5.82 Å². The molecule has 0 aliphatic carbocycles. The number of anilines is 1. The van der Waals surface area contributed by atoms with Crippen LogP contribution >= 0.6 is 0 Å². The van der Waals surface area contributed by atoms with Crippen LogP contribution in [0.25, 0.3) is 10.8 Å². The van der Waals surface area contributed by atoms with Crippen molar-refractivity contribution in [3.05, 3.63) is 30.5 Å². The minimum Gasteiger partial charge on any atom is -0.508 e. The Bertz CT molecular complexity index is 549. The fourth-order valence-electron chi connectivity index (χ4n) is 2.26. The van der Waals surface area contributed by atoms with E-state index >= 15 is 0 Å². The van der Waals surface area contributed by atoms with Crippen molar-refractivity contribution >= 4 is 16.6 Å². The van der Waals surface area contributed by atoms with Gasteiger partial charge in [-0.2, -0.15) is 0 Å². The Labute approximate surface area is 108 Å². The largest absolute Gasteiger partial charge is 0.508 e. The lowest BCUT2D eigenvalue weighted by molar-refractivity contribution is 0.476. The van der Waals surface area contributed by atoms with Crippen molar-refractivity contribution in [1.29, 1.82) is 0 Å². The van der Waals surface area contributed by atoms with E-state index in [1.54, 1.807) is 18.3 Å². The molecule has 18 heavy (non-hydrogen) atoms. The van der Waals surface area contributed by atoms with E-state index in [9.17, 15) is 5.11 Å². The Morgan fingerprint density at radius 2 is 2.06 bits per heavy atom. The molecule has 0 bridgehead atoms. The van der Waals surface area contributed by atoms with Gasteiger partial charge >= 0.3 is 0 Å². The van der Waals surface area contributed by atoms with Crippen LogP contribution < -0.4 is 5.32 Å². The molecule has 1 aromatic carbocycles. The average molecular weight is 244 g/mol. The summed E-state index contributed by atoms with van der Waals surface area (Å²) in [6.07, 6.45) is 3.99. The van der Waals surface area contributed by atoms with Crippen molar-refractivity contribution in [1.82, 2.24) is 4.98 Å². The first-order valence-electron chi connectivity index (χ1n) is 6.38. The summed E-state index contributed by atoms with van der Waals surface area (Å²) in [4.78, 5) is 4.39. The number of nitrogens with one attached hydrogen (secondary N) is 1. The molecule has 3 nitrogen and oxygen atoms in total. The predicted molar refractivity (Wildman–Crippen MR) is 76.0 cm³/mol. The van der Waals surface area contributed by atoms with Gasteiger partial charge in [0.25, 0.3) is 0 Å². The smallest absolute Gasteiger partial charge is 0.134 e. The lowest BCUT2D eigenvalue weighted by Crippen LogP contribution is -2.31. The molecule has 1 heterocycles. The summed E-state index contributed by atoms with van der Waals surface area (Å²) in [6, 6.07) is 7.31. The Balaban J connectivity index is 2.41. The van der Waals surface area contributed by atoms with E-state index in [-0.39, 0.29) is 11.3 Å². The first kappa shape index (κ1) is 12.7. The molecule has 0 spiro atoms. The van der Waals surface area contributed by atoms with Gasteiger partial charge in [0.2, 0.25) is 0 Å². The standard InChI is InChI=1S/C15H20N2O/c1-4-8-15(2,3)17-14-13-10-12(18)6-5-11(13)7-9-16-14/h5-7,9-10,18H,4,8H2,1-3H3,(H,16,17). The monoisotopic (exact) mass is 244 g/mol. The molecule has 0 saturated heterocycles. The first-order chi connectivity index (χ1) is 8.52. The van der Waals surface area contributed by atoms with E-state index in [2.05, 4.69) is 31.1 Å². The summed E-state index contributed by atoms with van der Waals surface area (Å²) >= 11 is 0. The van der Waals surface area contributed by atoms with Gasteiger partial charge in [0.1, 0.15) is 11.6 Å². The van der Waals surface area contributed by atoms with E-state index in [0.717, 1.165) is 29.4 Å². The van der Waals surface area contributed by atoms with Crippen molar-refractivity contribution in [3.63, 3.8) is 0 Å². The molecule has 0 unspecified atom stereocenters. The zero-order valence-electron chi connectivity index (χ0n) is 11.2. The highest BCUT2D eigenvalue weighted by atomic mass is 16.3. The summed E-state index contributed by atoms with van der Waals surface area (Å²) in [7, 11) is 0. The molecule has 0 aliphatic rings. The molecular weight excluding hydrogens is 224 g/mol. The molecule has 0 saturated carbocycles. The van der Waals surface area contributed by atoms with Crippen LogP contribution in [0.15, 0.2) is 30.5 Å². The number of benzene rings is 1. The van der Waals surface area contributed by atoms with Gasteiger partial charge in [-0.3, -0.25) is 0 Å². The summed E-state index contributed by atoms with van der Waals surface area (Å²) in [5.74, 6) is 1.11. The van der Waals surface area contributed by atoms with E-state index in [1.807, 2.05) is 12.1 Å². The topological polar surface area (TPSA) is 45.2 Å². The van der Waals surface area contributed by atoms with Crippen LogP contribution in [0.2, 0.25) is 0 Å². The number of phenolic OH excluding ortho intramolecular Hbond substituents is 1. The zero-order chi connectivity index (χ0) is 13.2. The fourth-order valence-corrected chi connectivity index (χ4v) is 2.26. The van der Waals surface area contributed by atoms with Crippen LogP contribution in [0.3, 0.4) is 0 Å².